The Hall–Kier alpha value is -1.39. The second-order valence-corrected chi connectivity index (χ2v) is 7.04. The van der Waals surface area contributed by atoms with Crippen LogP contribution in [0.1, 0.15) is 71.6 Å². The monoisotopic (exact) mass is 322 g/mol. The van der Waals surface area contributed by atoms with Crippen LogP contribution in [-0.2, 0) is 14.4 Å². The van der Waals surface area contributed by atoms with Crippen molar-refractivity contribution >= 4 is 17.7 Å². The van der Waals surface area contributed by atoms with Gasteiger partial charge in [-0.3, -0.25) is 19.3 Å². The number of nitrogens with one attached hydrogen (secondary N) is 1. The van der Waals surface area contributed by atoms with Crippen LogP contribution in [-0.4, -0.2) is 35.2 Å². The molecule has 1 N–H and O–H groups in total. The highest BCUT2D eigenvalue weighted by Gasteiger charge is 2.47. The van der Waals surface area contributed by atoms with Gasteiger partial charge in [-0.05, 0) is 26.2 Å². The lowest BCUT2D eigenvalue weighted by Crippen LogP contribution is -2.38. The second kappa shape index (κ2) is 8.46. The molecule has 3 amide bonds. The summed E-state index contributed by atoms with van der Waals surface area (Å²) in [5.41, 5.74) is 0. The topological polar surface area (TPSA) is 66.5 Å². The summed E-state index contributed by atoms with van der Waals surface area (Å²) < 4.78 is 0. The fourth-order valence-corrected chi connectivity index (χ4v) is 3.78. The SMILES string of the molecule is CCCCCC(C)NC(=O)CCN1C(=O)C2CCCCC2C1=O. The minimum Gasteiger partial charge on any atom is -0.354 e. The quantitative estimate of drug-likeness (QED) is 0.552. The molecule has 2 fully saturated rings. The first-order valence-electron chi connectivity index (χ1n) is 9.19. The lowest BCUT2D eigenvalue weighted by molar-refractivity contribution is -0.140. The van der Waals surface area contributed by atoms with Crippen molar-refractivity contribution in [2.75, 3.05) is 6.54 Å². The zero-order valence-corrected chi connectivity index (χ0v) is 14.5. The van der Waals surface area contributed by atoms with Gasteiger partial charge in [0.05, 0.1) is 11.8 Å². The Kier molecular flexibility index (Phi) is 6.60. The van der Waals surface area contributed by atoms with E-state index < -0.39 is 0 Å². The summed E-state index contributed by atoms with van der Waals surface area (Å²) >= 11 is 0. The molecule has 1 aliphatic carbocycles. The third kappa shape index (κ3) is 4.55. The third-order valence-electron chi connectivity index (χ3n) is 5.14. The molecule has 3 unspecified atom stereocenters. The van der Waals surface area contributed by atoms with E-state index in [1.807, 2.05) is 6.92 Å². The summed E-state index contributed by atoms with van der Waals surface area (Å²) in [6, 6.07) is 0.154. The van der Waals surface area contributed by atoms with Crippen molar-refractivity contribution in [2.24, 2.45) is 11.8 Å². The lowest BCUT2D eigenvalue weighted by atomic mass is 9.81. The van der Waals surface area contributed by atoms with Crippen molar-refractivity contribution in [3.63, 3.8) is 0 Å². The number of carbonyl (C=O) groups excluding carboxylic acids is 3. The smallest absolute Gasteiger partial charge is 0.233 e. The van der Waals surface area contributed by atoms with Crippen LogP contribution in [0.2, 0.25) is 0 Å². The molecular weight excluding hydrogens is 292 g/mol. The number of nitrogens with zero attached hydrogens (tertiary/aromatic N) is 1. The maximum absolute atomic E-state index is 12.3. The van der Waals surface area contributed by atoms with Gasteiger partial charge in [0.1, 0.15) is 0 Å². The van der Waals surface area contributed by atoms with Crippen molar-refractivity contribution in [1.29, 1.82) is 0 Å². The van der Waals surface area contributed by atoms with E-state index in [4.69, 9.17) is 0 Å². The lowest BCUT2D eigenvalue weighted by Gasteiger charge is -2.19. The van der Waals surface area contributed by atoms with Crippen molar-refractivity contribution < 1.29 is 14.4 Å². The fraction of sp³-hybridized carbons (Fsp3) is 0.833. The zero-order valence-electron chi connectivity index (χ0n) is 14.5. The minimum atomic E-state index is -0.118. The third-order valence-corrected chi connectivity index (χ3v) is 5.14. The van der Waals surface area contributed by atoms with Gasteiger partial charge in [-0.1, -0.05) is 39.0 Å². The Balaban J connectivity index is 1.75. The summed E-state index contributed by atoms with van der Waals surface area (Å²) in [6.45, 7) is 4.40. The average Bonchev–Trinajstić information content (AvgIpc) is 2.77. The summed E-state index contributed by atoms with van der Waals surface area (Å²) in [5, 5.41) is 2.97. The summed E-state index contributed by atoms with van der Waals surface area (Å²) in [6.07, 6.45) is 8.37. The Labute approximate surface area is 139 Å². The van der Waals surface area contributed by atoms with Crippen LogP contribution < -0.4 is 5.32 Å². The molecule has 1 aliphatic heterocycles. The molecule has 2 aliphatic rings. The van der Waals surface area contributed by atoms with Gasteiger partial charge in [-0.15, -0.1) is 0 Å². The van der Waals surface area contributed by atoms with Gasteiger partial charge in [-0.2, -0.15) is 0 Å². The molecule has 1 heterocycles. The van der Waals surface area contributed by atoms with Crippen LogP contribution in [0.3, 0.4) is 0 Å². The average molecular weight is 322 g/mol. The molecule has 0 aromatic heterocycles. The molecule has 0 aromatic rings. The van der Waals surface area contributed by atoms with Gasteiger partial charge in [0.15, 0.2) is 0 Å². The maximum Gasteiger partial charge on any atom is 0.233 e. The largest absolute Gasteiger partial charge is 0.354 e. The summed E-state index contributed by atoms with van der Waals surface area (Å²) in [4.78, 5) is 38.0. The number of unbranched alkanes of at least 4 members (excludes halogenated alkanes) is 2. The van der Waals surface area contributed by atoms with Gasteiger partial charge in [0, 0.05) is 19.0 Å². The van der Waals surface area contributed by atoms with Crippen molar-refractivity contribution in [1.82, 2.24) is 10.2 Å². The van der Waals surface area contributed by atoms with Crippen LogP contribution in [0, 0.1) is 11.8 Å². The van der Waals surface area contributed by atoms with E-state index in [2.05, 4.69) is 12.2 Å². The molecule has 2 rings (SSSR count). The molecule has 3 atom stereocenters. The van der Waals surface area contributed by atoms with Gasteiger partial charge in [-0.25, -0.2) is 0 Å². The predicted octanol–water partition coefficient (Wildman–Crippen LogP) is 2.64. The van der Waals surface area contributed by atoms with Gasteiger partial charge >= 0.3 is 0 Å². The van der Waals surface area contributed by atoms with Gasteiger partial charge in [0.2, 0.25) is 17.7 Å². The predicted molar refractivity (Wildman–Crippen MR) is 88.5 cm³/mol. The standard InChI is InChI=1S/C18H30N2O3/c1-3-4-5-8-13(2)19-16(21)11-12-20-17(22)14-9-6-7-10-15(14)18(20)23/h13-15H,3-12H2,1-2H3,(H,19,21). The molecule has 1 saturated heterocycles. The van der Waals surface area contributed by atoms with Crippen LogP contribution >= 0.6 is 0 Å². The van der Waals surface area contributed by atoms with Gasteiger partial charge < -0.3 is 5.32 Å². The molecule has 0 spiro atoms. The molecule has 0 aromatic carbocycles. The number of rotatable bonds is 8. The van der Waals surface area contributed by atoms with E-state index in [0.717, 1.165) is 38.5 Å². The van der Waals surface area contributed by atoms with Crippen molar-refractivity contribution in [3.8, 4) is 0 Å². The Morgan fingerprint density at radius 3 is 2.35 bits per heavy atom. The van der Waals surface area contributed by atoms with Crippen LogP contribution in [0.5, 0.6) is 0 Å². The number of carbonyl (C=O) groups is 3. The first kappa shape index (κ1) is 18.0. The number of imide groups is 1. The number of amides is 3. The molecule has 0 radical (unpaired) electrons. The van der Waals surface area contributed by atoms with Crippen LogP contribution in [0.4, 0.5) is 0 Å². The van der Waals surface area contributed by atoms with E-state index in [0.29, 0.717) is 0 Å². The molecule has 130 valence electrons. The Bertz CT molecular complexity index is 426. The first-order valence-corrected chi connectivity index (χ1v) is 9.19. The van der Waals surface area contributed by atoms with Crippen molar-refractivity contribution in [2.45, 2.75) is 77.7 Å². The zero-order chi connectivity index (χ0) is 16.8. The highest BCUT2D eigenvalue weighted by molar-refractivity contribution is 6.05. The molecule has 23 heavy (non-hydrogen) atoms. The number of fused-ring (bicyclic) bond motifs is 1. The summed E-state index contributed by atoms with van der Waals surface area (Å²) in [5.74, 6) is -0.406. The highest BCUT2D eigenvalue weighted by Crippen LogP contribution is 2.37. The van der Waals surface area contributed by atoms with E-state index in [1.54, 1.807) is 0 Å². The van der Waals surface area contributed by atoms with E-state index >= 15 is 0 Å². The number of hydrogen-bond acceptors (Lipinski definition) is 3. The molecular formula is C18H30N2O3. The van der Waals surface area contributed by atoms with Crippen LogP contribution in [0.15, 0.2) is 0 Å². The summed E-state index contributed by atoms with van der Waals surface area (Å²) in [7, 11) is 0. The molecule has 5 heteroatoms. The first-order chi connectivity index (χ1) is 11.0. The highest BCUT2D eigenvalue weighted by atomic mass is 16.2. The Morgan fingerprint density at radius 2 is 1.78 bits per heavy atom. The van der Waals surface area contributed by atoms with E-state index in [9.17, 15) is 14.4 Å². The second-order valence-electron chi connectivity index (χ2n) is 7.04. The Morgan fingerprint density at radius 1 is 1.17 bits per heavy atom. The number of hydrogen-bond donors (Lipinski definition) is 1. The van der Waals surface area contributed by atoms with Crippen LogP contribution in [0.25, 0.3) is 0 Å². The molecule has 1 saturated carbocycles. The number of likely N-dealkylation sites (tertiary alicyclic amines) is 1. The van der Waals surface area contributed by atoms with E-state index in [1.165, 1.54) is 17.7 Å². The maximum atomic E-state index is 12.3. The molecule has 5 nitrogen and oxygen atoms in total. The normalized spacial score (nSPS) is 25.4. The van der Waals surface area contributed by atoms with Gasteiger partial charge in [0.25, 0.3) is 0 Å². The minimum absolute atomic E-state index is 0.0523. The van der Waals surface area contributed by atoms with Crippen molar-refractivity contribution in [3.05, 3.63) is 0 Å². The van der Waals surface area contributed by atoms with E-state index in [-0.39, 0.29) is 48.6 Å². The molecule has 0 bridgehead atoms. The fourth-order valence-electron chi connectivity index (χ4n) is 3.78.